The molecule has 0 saturated heterocycles. The molecule has 0 fully saturated rings. The molecule has 1 heterocycles. The summed E-state index contributed by atoms with van der Waals surface area (Å²) in [5, 5.41) is 9.29. The molecule has 0 unspecified atom stereocenters. The van der Waals surface area contributed by atoms with Crippen molar-refractivity contribution in [3.05, 3.63) is 95.3 Å². The molecule has 0 aliphatic heterocycles. The van der Waals surface area contributed by atoms with Crippen molar-refractivity contribution < 1.29 is 14.4 Å². The van der Waals surface area contributed by atoms with E-state index in [1.165, 1.54) is 7.11 Å². The third-order valence-electron chi connectivity index (χ3n) is 4.02. The van der Waals surface area contributed by atoms with E-state index < -0.39 is 0 Å². The van der Waals surface area contributed by atoms with Gasteiger partial charge in [0.1, 0.15) is 7.11 Å². The minimum atomic E-state index is -0.272. The lowest BCUT2D eigenvalue weighted by Crippen LogP contribution is -2.23. The van der Waals surface area contributed by atoms with Crippen LogP contribution >= 0.6 is 0 Å². The Hall–Kier alpha value is -4.00. The molecular formula is C22H20N4O3. The largest absolute Gasteiger partial charge is 0.399 e. The summed E-state index contributed by atoms with van der Waals surface area (Å²) in [6.07, 6.45) is 3.23. The van der Waals surface area contributed by atoms with E-state index >= 15 is 0 Å². The lowest BCUT2D eigenvalue weighted by molar-refractivity contribution is 0.0949. The molecule has 0 spiro atoms. The minimum absolute atomic E-state index is 0.242. The molecule has 2 aromatic carbocycles. The second-order valence-corrected chi connectivity index (χ2v) is 6.08. The maximum absolute atomic E-state index is 12.5. The minimum Gasteiger partial charge on any atom is -0.399 e. The zero-order valence-corrected chi connectivity index (χ0v) is 15.8. The van der Waals surface area contributed by atoms with E-state index in [1.54, 1.807) is 60.9 Å². The lowest BCUT2D eigenvalue weighted by atomic mass is 10.1. The summed E-state index contributed by atoms with van der Waals surface area (Å²) in [5.74, 6) is -0.514. The van der Waals surface area contributed by atoms with Crippen LogP contribution in [0.2, 0.25) is 0 Å². The van der Waals surface area contributed by atoms with Gasteiger partial charge in [-0.05, 0) is 48.0 Å². The molecule has 0 aliphatic carbocycles. The van der Waals surface area contributed by atoms with Gasteiger partial charge in [-0.3, -0.25) is 14.6 Å². The van der Waals surface area contributed by atoms with Crippen molar-refractivity contribution in [3.8, 4) is 0 Å². The van der Waals surface area contributed by atoms with E-state index in [-0.39, 0.29) is 11.8 Å². The number of oxime groups is 1. The second kappa shape index (κ2) is 9.80. The van der Waals surface area contributed by atoms with Crippen LogP contribution in [0.15, 0.2) is 78.1 Å². The number of carbonyl (C=O) groups is 2. The summed E-state index contributed by atoms with van der Waals surface area (Å²) < 4.78 is 0. The van der Waals surface area contributed by atoms with Crippen LogP contribution in [0.3, 0.4) is 0 Å². The number of pyridine rings is 1. The molecule has 0 aliphatic rings. The van der Waals surface area contributed by atoms with Crippen molar-refractivity contribution in [2.45, 2.75) is 6.54 Å². The Morgan fingerprint density at radius 1 is 1.00 bits per heavy atom. The predicted molar refractivity (Wildman–Crippen MR) is 111 cm³/mol. The van der Waals surface area contributed by atoms with Crippen LogP contribution in [0.25, 0.3) is 0 Å². The summed E-state index contributed by atoms with van der Waals surface area (Å²) in [6.45, 7) is 0.328. The van der Waals surface area contributed by atoms with Crippen molar-refractivity contribution in [2.75, 3.05) is 12.4 Å². The van der Waals surface area contributed by atoms with Crippen molar-refractivity contribution in [3.63, 3.8) is 0 Å². The van der Waals surface area contributed by atoms with Gasteiger partial charge in [-0.25, -0.2) is 0 Å². The summed E-state index contributed by atoms with van der Waals surface area (Å²) in [4.78, 5) is 33.6. The fraction of sp³-hybridized carbons (Fsp3) is 0.0909. The van der Waals surface area contributed by atoms with Crippen molar-refractivity contribution in [2.24, 2.45) is 5.16 Å². The molecule has 2 N–H and O–H groups in total. The SMILES string of the molecule is CO/N=C/c1ccc(C(=O)Nc2cccc(C(=O)NCc3ccccn3)c2)cc1. The van der Waals surface area contributed by atoms with Crippen LogP contribution in [-0.2, 0) is 11.4 Å². The molecule has 3 rings (SSSR count). The van der Waals surface area contributed by atoms with E-state index in [1.807, 2.05) is 18.2 Å². The van der Waals surface area contributed by atoms with E-state index in [9.17, 15) is 9.59 Å². The Morgan fingerprint density at radius 2 is 1.83 bits per heavy atom. The second-order valence-electron chi connectivity index (χ2n) is 6.08. The number of amides is 2. The van der Waals surface area contributed by atoms with E-state index in [4.69, 9.17) is 0 Å². The number of rotatable bonds is 7. The van der Waals surface area contributed by atoms with Crippen LogP contribution in [0.5, 0.6) is 0 Å². The van der Waals surface area contributed by atoms with Gasteiger partial charge in [-0.2, -0.15) is 0 Å². The highest BCUT2D eigenvalue weighted by Gasteiger charge is 2.09. The fourth-order valence-electron chi connectivity index (χ4n) is 2.55. The summed E-state index contributed by atoms with van der Waals surface area (Å²) in [5.41, 5.74) is 3.05. The van der Waals surface area contributed by atoms with Crippen molar-refractivity contribution >= 4 is 23.7 Å². The number of aromatic nitrogens is 1. The molecule has 7 nitrogen and oxygen atoms in total. The zero-order valence-electron chi connectivity index (χ0n) is 15.8. The molecule has 0 radical (unpaired) electrons. The number of anilines is 1. The Bertz CT molecular complexity index is 1000. The Balaban J connectivity index is 1.62. The smallest absolute Gasteiger partial charge is 0.255 e. The van der Waals surface area contributed by atoms with Crippen LogP contribution in [0.1, 0.15) is 32.0 Å². The third-order valence-corrected chi connectivity index (χ3v) is 4.02. The topological polar surface area (TPSA) is 92.7 Å². The number of carbonyl (C=O) groups excluding carboxylic acids is 2. The maximum atomic E-state index is 12.5. The molecule has 29 heavy (non-hydrogen) atoms. The number of hydrogen-bond acceptors (Lipinski definition) is 5. The van der Waals surface area contributed by atoms with Crippen LogP contribution < -0.4 is 10.6 Å². The molecular weight excluding hydrogens is 368 g/mol. The van der Waals surface area contributed by atoms with Gasteiger partial charge in [-0.1, -0.05) is 29.4 Å². The fourth-order valence-corrected chi connectivity index (χ4v) is 2.55. The molecule has 0 bridgehead atoms. The molecule has 1 aromatic heterocycles. The summed E-state index contributed by atoms with van der Waals surface area (Å²) >= 11 is 0. The van der Waals surface area contributed by atoms with E-state index in [0.29, 0.717) is 23.4 Å². The average Bonchev–Trinajstić information content (AvgIpc) is 2.77. The third kappa shape index (κ3) is 5.74. The van der Waals surface area contributed by atoms with Gasteiger partial charge in [0.25, 0.3) is 11.8 Å². The van der Waals surface area contributed by atoms with E-state index in [2.05, 4.69) is 25.6 Å². The molecule has 0 atom stereocenters. The molecule has 2 amide bonds. The average molecular weight is 388 g/mol. The monoisotopic (exact) mass is 388 g/mol. The summed E-state index contributed by atoms with van der Waals surface area (Å²) in [6, 6.07) is 19.2. The molecule has 3 aromatic rings. The van der Waals surface area contributed by atoms with Gasteiger partial charge in [0.2, 0.25) is 0 Å². The number of nitrogens with zero attached hydrogens (tertiary/aromatic N) is 2. The number of nitrogens with one attached hydrogen (secondary N) is 2. The van der Waals surface area contributed by atoms with Gasteiger partial charge in [0.05, 0.1) is 18.5 Å². The van der Waals surface area contributed by atoms with Crippen molar-refractivity contribution in [1.29, 1.82) is 0 Å². The zero-order chi connectivity index (χ0) is 20.5. The van der Waals surface area contributed by atoms with Gasteiger partial charge >= 0.3 is 0 Å². The first kappa shape index (κ1) is 19.8. The first-order valence-electron chi connectivity index (χ1n) is 8.92. The van der Waals surface area contributed by atoms with Crippen molar-refractivity contribution in [1.82, 2.24) is 10.3 Å². The highest BCUT2D eigenvalue weighted by Crippen LogP contribution is 2.13. The van der Waals surface area contributed by atoms with Gasteiger partial charge in [0.15, 0.2) is 0 Å². The normalized spacial score (nSPS) is 10.5. The van der Waals surface area contributed by atoms with Crippen LogP contribution in [0.4, 0.5) is 5.69 Å². The Labute approximate surface area is 168 Å². The Kier molecular flexibility index (Phi) is 6.67. The predicted octanol–water partition coefficient (Wildman–Crippen LogP) is 3.24. The first-order chi connectivity index (χ1) is 14.2. The van der Waals surface area contributed by atoms with Gasteiger partial charge in [0, 0.05) is 23.0 Å². The lowest BCUT2D eigenvalue weighted by Gasteiger charge is -2.08. The standard InChI is InChI=1S/C22H20N4O3/c1-29-25-14-16-8-10-17(11-9-16)22(28)26-19-7-4-5-18(13-19)21(27)24-15-20-6-2-3-12-23-20/h2-14H,15H2,1H3,(H,24,27)(H,26,28)/b25-14+. The van der Waals surface area contributed by atoms with E-state index in [0.717, 1.165) is 11.3 Å². The van der Waals surface area contributed by atoms with Gasteiger partial charge in [-0.15, -0.1) is 0 Å². The highest BCUT2D eigenvalue weighted by molar-refractivity contribution is 6.05. The molecule has 146 valence electrons. The first-order valence-corrected chi connectivity index (χ1v) is 8.92. The number of hydrogen-bond donors (Lipinski definition) is 2. The highest BCUT2D eigenvalue weighted by atomic mass is 16.6. The summed E-state index contributed by atoms with van der Waals surface area (Å²) in [7, 11) is 1.46. The Morgan fingerprint density at radius 3 is 2.55 bits per heavy atom. The van der Waals surface area contributed by atoms with Gasteiger partial charge < -0.3 is 15.5 Å². The van der Waals surface area contributed by atoms with Crippen LogP contribution in [0, 0.1) is 0 Å². The quantitative estimate of drug-likeness (QED) is 0.480. The number of benzene rings is 2. The molecule has 0 saturated carbocycles. The molecule has 7 heteroatoms. The van der Waals surface area contributed by atoms with Crippen LogP contribution in [-0.4, -0.2) is 30.1 Å². The maximum Gasteiger partial charge on any atom is 0.255 e.